The maximum atomic E-state index is 14.1. The molecule has 0 aromatic heterocycles. The van der Waals surface area contributed by atoms with Crippen LogP contribution in [0.4, 0.5) is 13.2 Å². The zero-order valence-electron chi connectivity index (χ0n) is 19.8. The van der Waals surface area contributed by atoms with E-state index in [1.807, 2.05) is 4.90 Å². The van der Waals surface area contributed by atoms with E-state index < -0.39 is 23.5 Å². The van der Waals surface area contributed by atoms with Gasteiger partial charge in [-0.1, -0.05) is 12.1 Å². The number of amides is 3. The lowest BCUT2D eigenvalue weighted by atomic mass is 9.82. The van der Waals surface area contributed by atoms with Gasteiger partial charge in [-0.15, -0.1) is 0 Å². The third-order valence-electron chi connectivity index (χ3n) is 7.85. The molecule has 6 nitrogen and oxygen atoms in total. The molecule has 9 heteroatoms. The third kappa shape index (κ3) is 4.64. The predicted molar refractivity (Wildman–Crippen MR) is 125 cm³/mol. The van der Waals surface area contributed by atoms with Crippen LogP contribution in [-0.4, -0.2) is 45.6 Å². The van der Waals surface area contributed by atoms with E-state index in [-0.39, 0.29) is 67.1 Å². The van der Waals surface area contributed by atoms with Crippen LogP contribution in [0.2, 0.25) is 0 Å². The summed E-state index contributed by atoms with van der Waals surface area (Å²) in [6, 6.07) is 8.02. The molecule has 0 spiro atoms. The Morgan fingerprint density at radius 3 is 2.11 bits per heavy atom. The zero-order valence-corrected chi connectivity index (χ0v) is 19.8. The van der Waals surface area contributed by atoms with Gasteiger partial charge in [0, 0.05) is 42.6 Å². The Labute approximate surface area is 207 Å². The molecule has 3 heterocycles. The topological polar surface area (TPSA) is 83.7 Å². The molecule has 3 unspecified atom stereocenters. The number of benzene rings is 2. The summed E-state index contributed by atoms with van der Waals surface area (Å²) in [4.78, 5) is 40.2. The van der Waals surface area contributed by atoms with Gasteiger partial charge in [0.25, 0.3) is 5.91 Å². The minimum atomic E-state index is -1.22. The summed E-state index contributed by atoms with van der Waals surface area (Å²) in [5.41, 5.74) is 7.77. The van der Waals surface area contributed by atoms with E-state index in [9.17, 15) is 27.6 Å². The number of likely N-dealkylation sites (tertiary alicyclic amines) is 1. The van der Waals surface area contributed by atoms with Gasteiger partial charge < -0.3 is 10.6 Å². The zero-order chi connectivity index (χ0) is 25.6. The smallest absolute Gasteiger partial charge is 0.254 e. The molecule has 5 rings (SSSR count). The second-order valence-electron chi connectivity index (χ2n) is 10.1. The maximum absolute atomic E-state index is 14.1. The molecule has 2 aromatic carbocycles. The number of halogens is 3. The molecule has 2 N–H and O–H groups in total. The van der Waals surface area contributed by atoms with E-state index >= 15 is 0 Å². The fraction of sp³-hybridized carbons (Fsp3) is 0.444. The van der Waals surface area contributed by atoms with Gasteiger partial charge in [-0.25, -0.2) is 13.2 Å². The van der Waals surface area contributed by atoms with Crippen LogP contribution in [0.5, 0.6) is 0 Å². The van der Waals surface area contributed by atoms with Gasteiger partial charge in [-0.3, -0.25) is 19.3 Å². The molecule has 2 aromatic rings. The molecule has 190 valence electrons. The van der Waals surface area contributed by atoms with E-state index in [1.54, 1.807) is 24.3 Å². The van der Waals surface area contributed by atoms with Crippen LogP contribution in [0.3, 0.4) is 0 Å². The monoisotopic (exact) mass is 499 g/mol. The Hall–Kier alpha value is -3.20. The van der Waals surface area contributed by atoms with Crippen molar-refractivity contribution in [2.24, 2.45) is 11.7 Å². The van der Waals surface area contributed by atoms with Gasteiger partial charge >= 0.3 is 0 Å². The first-order valence-electron chi connectivity index (χ1n) is 12.3. The predicted octanol–water partition coefficient (Wildman–Crippen LogP) is 3.71. The van der Waals surface area contributed by atoms with Crippen LogP contribution in [0, 0.1) is 23.4 Å². The second kappa shape index (κ2) is 9.69. The SMILES string of the molecule is NC(Cc1cc(F)c(F)cc1F)C1CC2CCC(C1)N2C(=O)c1ccc(CN2C(=O)CCC2=O)cc1. The molecule has 3 fully saturated rings. The number of piperidine rings is 1. The number of hydrogen-bond donors (Lipinski definition) is 1. The van der Waals surface area contributed by atoms with Crippen molar-refractivity contribution in [3.05, 3.63) is 70.5 Å². The lowest BCUT2D eigenvalue weighted by molar-refractivity contribution is -0.139. The summed E-state index contributed by atoms with van der Waals surface area (Å²) < 4.78 is 40.9. The van der Waals surface area contributed by atoms with E-state index in [1.165, 1.54) is 4.90 Å². The molecule has 3 aliphatic rings. The average Bonchev–Trinajstić information content (AvgIpc) is 3.31. The lowest BCUT2D eigenvalue weighted by Crippen LogP contribution is -2.50. The fourth-order valence-electron chi connectivity index (χ4n) is 5.92. The number of rotatable bonds is 6. The summed E-state index contributed by atoms with van der Waals surface area (Å²) in [6.45, 7) is 0.208. The minimum Gasteiger partial charge on any atom is -0.333 e. The van der Waals surface area contributed by atoms with Crippen molar-refractivity contribution in [2.75, 3.05) is 0 Å². The molecule has 0 saturated carbocycles. The number of carbonyl (C=O) groups is 3. The molecular weight excluding hydrogens is 471 g/mol. The van der Waals surface area contributed by atoms with E-state index in [2.05, 4.69) is 0 Å². The molecular formula is C27H28F3N3O3. The summed E-state index contributed by atoms with van der Waals surface area (Å²) in [5.74, 6) is -3.50. The van der Waals surface area contributed by atoms with Gasteiger partial charge in [0.05, 0.1) is 6.54 Å². The van der Waals surface area contributed by atoms with Crippen molar-refractivity contribution >= 4 is 17.7 Å². The Balaban J connectivity index is 1.22. The highest BCUT2D eigenvalue weighted by molar-refractivity contribution is 6.01. The normalized spacial score (nSPS) is 24.5. The molecule has 3 saturated heterocycles. The second-order valence-corrected chi connectivity index (χ2v) is 10.1. The first-order chi connectivity index (χ1) is 17.2. The van der Waals surface area contributed by atoms with Crippen LogP contribution in [-0.2, 0) is 22.6 Å². The number of nitrogens with two attached hydrogens (primary N) is 1. The van der Waals surface area contributed by atoms with Crippen LogP contribution in [0.25, 0.3) is 0 Å². The van der Waals surface area contributed by atoms with Crippen molar-refractivity contribution in [1.82, 2.24) is 9.80 Å². The molecule has 3 aliphatic heterocycles. The quantitative estimate of drug-likeness (QED) is 0.485. The fourth-order valence-corrected chi connectivity index (χ4v) is 5.92. The van der Waals surface area contributed by atoms with E-state index in [4.69, 9.17) is 5.73 Å². The molecule has 3 atom stereocenters. The van der Waals surface area contributed by atoms with E-state index in [0.717, 1.165) is 24.5 Å². The lowest BCUT2D eigenvalue weighted by Gasteiger charge is -2.41. The van der Waals surface area contributed by atoms with Crippen LogP contribution < -0.4 is 5.73 Å². The Bertz CT molecular complexity index is 1170. The van der Waals surface area contributed by atoms with Crippen LogP contribution in [0.1, 0.15) is 60.0 Å². The van der Waals surface area contributed by atoms with Crippen molar-refractivity contribution in [2.45, 2.75) is 69.6 Å². The summed E-state index contributed by atoms with van der Waals surface area (Å²) in [7, 11) is 0. The maximum Gasteiger partial charge on any atom is 0.254 e. The highest BCUT2D eigenvalue weighted by atomic mass is 19.2. The number of carbonyl (C=O) groups excluding carboxylic acids is 3. The van der Waals surface area contributed by atoms with Crippen molar-refractivity contribution in [1.29, 1.82) is 0 Å². The molecule has 0 aliphatic carbocycles. The van der Waals surface area contributed by atoms with Gasteiger partial charge in [0.1, 0.15) is 5.82 Å². The first kappa shape index (κ1) is 24.5. The summed E-state index contributed by atoms with van der Waals surface area (Å²) in [6.07, 6.45) is 3.65. The van der Waals surface area contributed by atoms with Crippen molar-refractivity contribution in [3.8, 4) is 0 Å². The van der Waals surface area contributed by atoms with Crippen molar-refractivity contribution < 1.29 is 27.6 Å². The van der Waals surface area contributed by atoms with Gasteiger partial charge in [-0.05, 0) is 67.3 Å². The Morgan fingerprint density at radius 1 is 0.917 bits per heavy atom. The minimum absolute atomic E-state index is 0.0154. The summed E-state index contributed by atoms with van der Waals surface area (Å²) >= 11 is 0. The highest BCUT2D eigenvalue weighted by Gasteiger charge is 2.44. The first-order valence-corrected chi connectivity index (χ1v) is 12.3. The van der Waals surface area contributed by atoms with Gasteiger partial charge in [-0.2, -0.15) is 0 Å². The van der Waals surface area contributed by atoms with Gasteiger partial charge in [0.2, 0.25) is 11.8 Å². The third-order valence-corrected chi connectivity index (χ3v) is 7.85. The number of imide groups is 1. The van der Waals surface area contributed by atoms with Crippen LogP contribution in [0.15, 0.2) is 36.4 Å². The average molecular weight is 500 g/mol. The molecule has 3 amide bonds. The largest absolute Gasteiger partial charge is 0.333 e. The number of fused-ring (bicyclic) bond motifs is 2. The highest BCUT2D eigenvalue weighted by Crippen LogP contribution is 2.41. The van der Waals surface area contributed by atoms with Crippen LogP contribution >= 0.6 is 0 Å². The van der Waals surface area contributed by atoms with Crippen molar-refractivity contribution in [3.63, 3.8) is 0 Å². The molecule has 0 radical (unpaired) electrons. The molecule has 36 heavy (non-hydrogen) atoms. The van der Waals surface area contributed by atoms with E-state index in [0.29, 0.717) is 24.5 Å². The number of hydrogen-bond acceptors (Lipinski definition) is 4. The van der Waals surface area contributed by atoms with Gasteiger partial charge in [0.15, 0.2) is 11.6 Å². The Kier molecular flexibility index (Phi) is 6.59. The Morgan fingerprint density at radius 2 is 1.50 bits per heavy atom. The standard InChI is InChI=1S/C27H28F3N3O3/c28-21-13-23(30)22(29)11-17(21)12-24(31)18-9-19-5-6-20(10-18)33(19)27(36)16-3-1-15(2-4-16)14-32-25(34)7-8-26(32)35/h1-4,11,13,18-20,24H,5-10,12,14,31H2. The number of nitrogens with zero attached hydrogens (tertiary/aromatic N) is 2. The molecule has 2 bridgehead atoms. The summed E-state index contributed by atoms with van der Waals surface area (Å²) in [5, 5.41) is 0.